The third kappa shape index (κ3) is 8.65. The average molecular weight is 853 g/mol. The molecule has 4 saturated carbocycles. The van der Waals surface area contributed by atoms with Crippen molar-refractivity contribution in [2.24, 2.45) is 29.1 Å². The van der Waals surface area contributed by atoms with E-state index in [9.17, 15) is 41.5 Å². The molecule has 1 aromatic carbocycles. The molecule has 2 heterocycles. The molecule has 1 aromatic heterocycles. The van der Waals surface area contributed by atoms with E-state index in [1.165, 1.54) is 38.2 Å². The van der Waals surface area contributed by atoms with E-state index in [1.54, 1.807) is 39.8 Å². The summed E-state index contributed by atoms with van der Waals surface area (Å²) >= 11 is 0. The lowest BCUT2D eigenvalue weighted by molar-refractivity contribution is -0.143. The van der Waals surface area contributed by atoms with Gasteiger partial charge < -0.3 is 30.1 Å². The fraction of sp³-hybridized carbons (Fsp3) is 0.707. The van der Waals surface area contributed by atoms with Crippen LogP contribution in [0.1, 0.15) is 115 Å². The van der Waals surface area contributed by atoms with Gasteiger partial charge in [-0.15, -0.1) is 0 Å². The summed E-state index contributed by atoms with van der Waals surface area (Å²) in [6.45, 7) is 7.95. The van der Waals surface area contributed by atoms with Crippen LogP contribution in [0.5, 0.6) is 11.6 Å². The third-order valence-electron chi connectivity index (χ3n) is 13.2. The number of ether oxygens (including phenoxy) is 2. The summed E-state index contributed by atoms with van der Waals surface area (Å²) in [6.07, 6.45) is 1.62. The number of carbonyl (C=O) groups excluding carboxylic acids is 3. The van der Waals surface area contributed by atoms with Crippen LogP contribution in [0.25, 0.3) is 11.0 Å². The maximum absolute atomic E-state index is 14.6. The van der Waals surface area contributed by atoms with Crippen LogP contribution < -0.4 is 24.8 Å². The Morgan fingerprint density at radius 2 is 1.81 bits per heavy atom. The lowest BCUT2D eigenvalue weighted by Gasteiger charge is -2.35. The van der Waals surface area contributed by atoms with Crippen molar-refractivity contribution in [3.05, 3.63) is 23.9 Å². The summed E-state index contributed by atoms with van der Waals surface area (Å²) in [5.41, 5.74) is -1.47. The third-order valence-corrected chi connectivity index (χ3v) is 15.3. The fourth-order valence-corrected chi connectivity index (χ4v) is 10.0. The number of methoxy groups -OCH3 is 1. The molecule has 4 amide bonds. The second-order valence-electron chi connectivity index (χ2n) is 18.6. The molecule has 59 heavy (non-hydrogen) atoms. The Morgan fingerprint density at radius 3 is 2.39 bits per heavy atom. The standard InChI is InChI=1S/C41H56F2N6O9S.3H2/c1-7-24-29(58-35-30(25-17-22(25)10-8-9-21-11-12-21)44-27-14-13-23(57-6)18-28(27)45-35)20-49(36(51)32(39(2,3)4)46-38(53)54)31(24)34(50)47-41(19-26(41)33(42)43)37(52)48-59(55,56)40(5)15-16-40;;;/h13-14,18,21-22,24-26,29,31-33,46H,7-12,15-17,19-20H2,1-6H3,(H,47,50)(H,48,52)(H,53,54);3*1H/t22?,24-,25?,26+,29+,31+,32-,41-;;;/m1.../s1. The van der Waals surface area contributed by atoms with Crippen LogP contribution in [0.3, 0.4) is 0 Å². The number of amides is 4. The quantitative estimate of drug-likeness (QED) is 0.148. The van der Waals surface area contributed by atoms with E-state index in [4.69, 9.17) is 19.4 Å². The number of benzene rings is 1. The predicted molar refractivity (Wildman–Crippen MR) is 218 cm³/mol. The van der Waals surface area contributed by atoms with Gasteiger partial charge in [-0.2, -0.15) is 0 Å². The lowest BCUT2D eigenvalue weighted by Crippen LogP contribution is -2.61. The Hall–Kier alpha value is -4.35. The van der Waals surface area contributed by atoms with Gasteiger partial charge in [0.2, 0.25) is 34.1 Å². The number of fused-ring (bicyclic) bond motifs is 1. The molecule has 1 aliphatic heterocycles. The summed E-state index contributed by atoms with van der Waals surface area (Å²) < 4.78 is 67.7. The van der Waals surface area contributed by atoms with E-state index in [-0.39, 0.29) is 41.9 Å². The normalized spacial score (nSPS) is 28.8. The Bertz CT molecular complexity index is 2130. The molecule has 1 saturated heterocycles. The molecule has 330 valence electrons. The smallest absolute Gasteiger partial charge is 0.405 e. The highest BCUT2D eigenvalue weighted by Crippen LogP contribution is 2.53. The molecule has 5 aliphatic rings. The summed E-state index contributed by atoms with van der Waals surface area (Å²) in [5.74, 6) is -3.47. The van der Waals surface area contributed by atoms with Crippen LogP contribution in [-0.2, 0) is 24.4 Å². The Kier molecular flexibility index (Phi) is 11.3. The monoisotopic (exact) mass is 852 g/mol. The molecule has 2 aromatic rings. The zero-order chi connectivity index (χ0) is 42.8. The molecule has 8 atom stereocenters. The van der Waals surface area contributed by atoms with Crippen LogP contribution in [0.4, 0.5) is 13.6 Å². The number of nitrogens with one attached hydrogen (secondary N) is 3. The number of sulfonamides is 1. The second kappa shape index (κ2) is 15.6. The molecule has 4 aliphatic carbocycles. The summed E-state index contributed by atoms with van der Waals surface area (Å²) in [5, 5.41) is 14.5. The van der Waals surface area contributed by atoms with Crippen molar-refractivity contribution in [3.8, 4) is 11.6 Å². The number of halogens is 2. The molecule has 5 fully saturated rings. The van der Waals surface area contributed by atoms with Crippen molar-refractivity contribution in [1.82, 2.24) is 30.2 Å². The summed E-state index contributed by atoms with van der Waals surface area (Å²) in [4.78, 5) is 66.0. The minimum atomic E-state index is -4.26. The van der Waals surface area contributed by atoms with E-state index < -0.39 is 92.4 Å². The highest BCUT2D eigenvalue weighted by atomic mass is 32.2. The topological polar surface area (TPSA) is 206 Å². The zero-order valence-corrected chi connectivity index (χ0v) is 35.2. The summed E-state index contributed by atoms with van der Waals surface area (Å²) in [6, 6.07) is 2.55. The van der Waals surface area contributed by atoms with Crippen molar-refractivity contribution < 1.29 is 55.2 Å². The van der Waals surface area contributed by atoms with Crippen LogP contribution >= 0.6 is 0 Å². The number of likely N-dealkylation sites (tertiary alicyclic amines) is 1. The molecule has 0 bridgehead atoms. The molecule has 18 heteroatoms. The SMILES string of the molecule is CC[C@@H]1[C@@H](Oc2nc3cc(OC)ccc3nc2C2CC2CCCC2CC2)CN(C(=O)[C@@H](NC(=O)O)C(C)(C)C)[C@@H]1C(=O)N[C@]1(C(=O)NS(=O)(=O)C2(C)CC2)C[C@H]1C(F)F.[HH].[HH].[HH]. The molecule has 4 N–H and O–H groups in total. The molecular weight excluding hydrogens is 791 g/mol. The van der Waals surface area contributed by atoms with Crippen LogP contribution in [-0.4, -0.2) is 101 Å². The van der Waals surface area contributed by atoms with Gasteiger partial charge in [0.25, 0.3) is 5.91 Å². The lowest BCUT2D eigenvalue weighted by atomic mass is 9.85. The van der Waals surface area contributed by atoms with Gasteiger partial charge in [-0.3, -0.25) is 19.1 Å². The number of carboxylic acid groups (broad SMARTS) is 1. The first kappa shape index (κ1) is 42.8. The van der Waals surface area contributed by atoms with Gasteiger partial charge in [0.05, 0.1) is 35.4 Å². The number of rotatable bonds is 17. The van der Waals surface area contributed by atoms with Crippen LogP contribution in [0.2, 0.25) is 0 Å². The zero-order valence-electron chi connectivity index (χ0n) is 34.4. The van der Waals surface area contributed by atoms with E-state index in [0.717, 1.165) is 25.2 Å². The van der Waals surface area contributed by atoms with Crippen LogP contribution in [0.15, 0.2) is 18.2 Å². The van der Waals surface area contributed by atoms with Gasteiger partial charge in [0.1, 0.15) is 35.2 Å². The molecule has 0 radical (unpaired) electrons. The first-order valence-corrected chi connectivity index (χ1v) is 22.2. The maximum Gasteiger partial charge on any atom is 0.405 e. The van der Waals surface area contributed by atoms with Crippen molar-refractivity contribution in [1.29, 1.82) is 0 Å². The Morgan fingerprint density at radius 1 is 1.10 bits per heavy atom. The highest BCUT2D eigenvalue weighted by Gasteiger charge is 2.68. The van der Waals surface area contributed by atoms with Gasteiger partial charge in [-0.05, 0) is 74.8 Å². The van der Waals surface area contributed by atoms with Gasteiger partial charge in [-0.25, -0.2) is 32.0 Å². The minimum absolute atomic E-state index is 0. The number of hydrogen-bond acceptors (Lipinski definition) is 10. The molecular formula is C41H62F2N6O9S. The number of nitrogens with zero attached hydrogens (tertiary/aromatic N) is 3. The van der Waals surface area contributed by atoms with Crippen molar-refractivity contribution in [3.63, 3.8) is 0 Å². The van der Waals surface area contributed by atoms with Gasteiger partial charge in [0.15, 0.2) is 0 Å². The molecule has 15 nitrogen and oxygen atoms in total. The van der Waals surface area contributed by atoms with Gasteiger partial charge in [0, 0.05) is 22.2 Å². The van der Waals surface area contributed by atoms with E-state index >= 15 is 0 Å². The minimum Gasteiger partial charge on any atom is -0.497 e. The molecule has 0 spiro atoms. The van der Waals surface area contributed by atoms with Crippen molar-refractivity contribution in [2.75, 3.05) is 13.7 Å². The highest BCUT2D eigenvalue weighted by molar-refractivity contribution is 7.91. The number of aromatic nitrogens is 2. The summed E-state index contributed by atoms with van der Waals surface area (Å²) in [7, 11) is -2.72. The van der Waals surface area contributed by atoms with Crippen molar-refractivity contribution in [2.45, 2.75) is 140 Å². The second-order valence-corrected chi connectivity index (χ2v) is 20.8. The Labute approximate surface area is 347 Å². The fourth-order valence-electron chi connectivity index (χ4n) is 8.72. The predicted octanol–water partition coefficient (Wildman–Crippen LogP) is 5.87. The number of carbonyl (C=O) groups is 4. The Balaban J connectivity index is 0.00000282. The van der Waals surface area contributed by atoms with Gasteiger partial charge >= 0.3 is 6.09 Å². The first-order chi connectivity index (χ1) is 27.7. The average Bonchev–Trinajstić information content (AvgIpc) is 3.97. The van der Waals surface area contributed by atoms with E-state index in [1.807, 2.05) is 10.8 Å². The van der Waals surface area contributed by atoms with E-state index in [0.29, 0.717) is 28.4 Å². The molecule has 2 unspecified atom stereocenters. The van der Waals surface area contributed by atoms with Crippen molar-refractivity contribution >= 4 is 44.9 Å². The maximum atomic E-state index is 14.6. The largest absolute Gasteiger partial charge is 0.497 e. The number of hydrogen-bond donors (Lipinski definition) is 4. The van der Waals surface area contributed by atoms with Crippen LogP contribution in [0, 0.1) is 29.1 Å². The molecule has 7 rings (SSSR count). The first-order valence-electron chi connectivity index (χ1n) is 20.7. The van der Waals surface area contributed by atoms with E-state index in [2.05, 4.69) is 10.6 Å². The number of alkyl halides is 2. The van der Waals surface area contributed by atoms with Gasteiger partial charge in [-0.1, -0.05) is 53.4 Å².